The number of carbonyl (C=O) groups is 3. The minimum atomic E-state index is -1.43. The lowest BCUT2D eigenvalue weighted by Crippen LogP contribution is -2.57. The summed E-state index contributed by atoms with van der Waals surface area (Å²) in [5.74, 6) is -2.09. The maximum Gasteiger partial charge on any atom is 0.249 e. The molecule has 6 atom stereocenters. The molecule has 0 aromatic heterocycles. The molecule has 0 radical (unpaired) electrons. The van der Waals surface area contributed by atoms with Crippen molar-refractivity contribution in [1.29, 1.82) is 0 Å². The SMILES string of the molecule is CCOc1ccc(N2CC=C[C@@]3(C)O[C@]45C=CCN(CCN6CCOCC6)C(=O)C4N([C@H](CO)c4ccccc4)C(=O)[C@@H]5[C@H]3C2=O)cc1. The number of aliphatic hydroxyl groups excluding tert-OH is 1. The Bertz CT molecular complexity index is 1580. The van der Waals surface area contributed by atoms with Gasteiger partial charge in [0.05, 0.1) is 49.9 Å². The van der Waals surface area contributed by atoms with Gasteiger partial charge in [-0.2, -0.15) is 0 Å². The molecule has 0 aliphatic carbocycles. The lowest BCUT2D eigenvalue weighted by molar-refractivity contribution is -0.154. The summed E-state index contributed by atoms with van der Waals surface area (Å²) in [7, 11) is 0. The molecule has 5 aliphatic rings. The van der Waals surface area contributed by atoms with Crippen LogP contribution in [0.4, 0.5) is 5.69 Å². The lowest BCUT2D eigenvalue weighted by atomic mass is 9.74. The fraction of sp³-hybridized carbons (Fsp3) is 0.486. The standard InChI is InChI=1S/C37H44N4O7/c1-3-47-28-13-11-27(12-14-28)40-18-7-15-36(2)30(33(40)43)31-34(44)41(29(25-42)26-9-5-4-6-10-26)32-35(45)39(17-8-16-37(31,32)48-36)20-19-38-21-23-46-24-22-38/h4-16,29-32,42H,3,17-25H2,1-2H3/t29-,30+,31+,32?,36-,37+/m1/s1. The molecule has 1 unspecified atom stereocenters. The number of hydrogen-bond acceptors (Lipinski definition) is 8. The molecule has 254 valence electrons. The van der Waals surface area contributed by atoms with E-state index in [0.29, 0.717) is 63.0 Å². The van der Waals surface area contributed by atoms with Crippen molar-refractivity contribution in [2.75, 3.05) is 70.6 Å². The third-order valence-corrected chi connectivity index (χ3v) is 10.5. The Balaban J connectivity index is 1.29. The van der Waals surface area contributed by atoms with Gasteiger partial charge in [-0.25, -0.2) is 0 Å². The van der Waals surface area contributed by atoms with E-state index >= 15 is 4.79 Å². The Morgan fingerprint density at radius 3 is 2.33 bits per heavy atom. The quantitative estimate of drug-likeness (QED) is 0.410. The molecule has 5 aliphatic heterocycles. The monoisotopic (exact) mass is 656 g/mol. The zero-order valence-electron chi connectivity index (χ0n) is 27.6. The van der Waals surface area contributed by atoms with E-state index in [1.54, 1.807) is 9.80 Å². The molecule has 3 saturated heterocycles. The van der Waals surface area contributed by atoms with Gasteiger partial charge >= 0.3 is 0 Å². The van der Waals surface area contributed by atoms with Crippen molar-refractivity contribution in [3.05, 3.63) is 84.5 Å². The molecule has 0 saturated carbocycles. The molecule has 0 bridgehead atoms. The first kappa shape index (κ1) is 32.5. The molecule has 2 aromatic rings. The Morgan fingerprint density at radius 2 is 1.62 bits per heavy atom. The number of morpholine rings is 1. The van der Waals surface area contributed by atoms with Gasteiger partial charge in [0, 0.05) is 45.0 Å². The maximum atomic E-state index is 15.0. The van der Waals surface area contributed by atoms with Gasteiger partial charge in [-0.3, -0.25) is 19.3 Å². The van der Waals surface area contributed by atoms with Crippen molar-refractivity contribution >= 4 is 23.4 Å². The summed E-state index contributed by atoms with van der Waals surface area (Å²) in [6.07, 6.45) is 7.55. The first-order chi connectivity index (χ1) is 23.3. The Labute approximate surface area is 281 Å². The summed E-state index contributed by atoms with van der Waals surface area (Å²) in [4.78, 5) is 51.8. The molecule has 3 fully saturated rings. The number of benzene rings is 2. The van der Waals surface area contributed by atoms with Crippen LogP contribution in [0.2, 0.25) is 0 Å². The van der Waals surface area contributed by atoms with Crippen LogP contribution in [0.3, 0.4) is 0 Å². The van der Waals surface area contributed by atoms with Gasteiger partial charge in [0.2, 0.25) is 17.7 Å². The minimum Gasteiger partial charge on any atom is -0.494 e. The molecule has 11 nitrogen and oxygen atoms in total. The topological polar surface area (TPSA) is 112 Å². The smallest absolute Gasteiger partial charge is 0.249 e. The molecule has 5 heterocycles. The highest BCUT2D eigenvalue weighted by atomic mass is 16.5. The molecule has 2 aromatic carbocycles. The van der Waals surface area contributed by atoms with Crippen LogP contribution in [0, 0.1) is 11.8 Å². The second kappa shape index (κ2) is 13.1. The number of aliphatic hydroxyl groups is 1. The molecule has 48 heavy (non-hydrogen) atoms. The average molecular weight is 657 g/mol. The summed E-state index contributed by atoms with van der Waals surface area (Å²) in [6.45, 7) is 8.56. The Hall–Kier alpha value is -4.03. The zero-order valence-corrected chi connectivity index (χ0v) is 27.6. The van der Waals surface area contributed by atoms with Gasteiger partial charge < -0.3 is 34.0 Å². The number of likely N-dealkylation sites (tertiary alicyclic amines) is 1. The molecule has 3 amide bonds. The largest absolute Gasteiger partial charge is 0.494 e. The number of ether oxygens (including phenoxy) is 3. The van der Waals surface area contributed by atoms with Gasteiger partial charge in [0.1, 0.15) is 17.4 Å². The normalized spacial score (nSPS) is 30.9. The van der Waals surface area contributed by atoms with Crippen LogP contribution in [0.25, 0.3) is 0 Å². The van der Waals surface area contributed by atoms with Crippen LogP contribution in [0.1, 0.15) is 25.5 Å². The number of hydrogen-bond donors (Lipinski definition) is 1. The predicted molar refractivity (Wildman–Crippen MR) is 178 cm³/mol. The molecule has 1 spiro atoms. The van der Waals surface area contributed by atoms with Gasteiger partial charge in [-0.15, -0.1) is 0 Å². The van der Waals surface area contributed by atoms with Crippen molar-refractivity contribution in [2.45, 2.75) is 37.1 Å². The summed E-state index contributed by atoms with van der Waals surface area (Å²) < 4.78 is 18.1. The number of nitrogens with zero attached hydrogens (tertiary/aromatic N) is 4. The van der Waals surface area contributed by atoms with Crippen LogP contribution in [0.15, 0.2) is 78.9 Å². The van der Waals surface area contributed by atoms with Crippen molar-refractivity contribution in [3.8, 4) is 5.75 Å². The summed E-state index contributed by atoms with van der Waals surface area (Å²) in [6, 6.07) is 14.7. The number of amides is 3. The van der Waals surface area contributed by atoms with Gasteiger partial charge in [-0.1, -0.05) is 54.6 Å². The highest BCUT2D eigenvalue weighted by Gasteiger charge is 2.75. The number of fused-ring (bicyclic) bond motifs is 2. The fourth-order valence-corrected chi connectivity index (χ4v) is 8.28. The molecule has 11 heteroatoms. The van der Waals surface area contributed by atoms with Crippen molar-refractivity contribution in [3.63, 3.8) is 0 Å². The highest BCUT2D eigenvalue weighted by molar-refractivity contribution is 6.04. The van der Waals surface area contributed by atoms with E-state index in [1.807, 2.05) is 92.7 Å². The van der Waals surface area contributed by atoms with Gasteiger partial charge in [0.15, 0.2) is 0 Å². The van der Waals surface area contributed by atoms with Crippen LogP contribution in [-0.4, -0.2) is 120 Å². The Morgan fingerprint density at radius 1 is 0.896 bits per heavy atom. The lowest BCUT2D eigenvalue weighted by Gasteiger charge is -2.40. The van der Waals surface area contributed by atoms with Gasteiger partial charge in [-0.05, 0) is 43.7 Å². The molecule has 7 rings (SSSR count). The van der Waals surface area contributed by atoms with Crippen molar-refractivity contribution < 1.29 is 33.7 Å². The third-order valence-electron chi connectivity index (χ3n) is 10.5. The minimum absolute atomic E-state index is 0.252. The van der Waals surface area contributed by atoms with E-state index in [1.165, 1.54) is 4.90 Å². The number of carbonyl (C=O) groups excluding carboxylic acids is 3. The molecule has 1 N–H and O–H groups in total. The Kier molecular flexibility index (Phi) is 8.88. The molecular formula is C37H44N4O7. The summed E-state index contributed by atoms with van der Waals surface area (Å²) >= 11 is 0. The van der Waals surface area contributed by atoms with Crippen LogP contribution < -0.4 is 9.64 Å². The van der Waals surface area contributed by atoms with Crippen molar-refractivity contribution in [2.24, 2.45) is 11.8 Å². The number of rotatable bonds is 9. The van der Waals surface area contributed by atoms with E-state index in [-0.39, 0.29) is 17.7 Å². The van der Waals surface area contributed by atoms with Crippen molar-refractivity contribution in [1.82, 2.24) is 14.7 Å². The van der Waals surface area contributed by atoms with Crippen LogP contribution in [-0.2, 0) is 23.9 Å². The highest BCUT2D eigenvalue weighted by Crippen LogP contribution is 2.59. The first-order valence-electron chi connectivity index (χ1n) is 17.0. The summed E-state index contributed by atoms with van der Waals surface area (Å²) in [5, 5.41) is 10.8. The number of anilines is 1. The average Bonchev–Trinajstić information content (AvgIpc) is 3.37. The van der Waals surface area contributed by atoms with E-state index in [4.69, 9.17) is 14.2 Å². The fourth-order valence-electron chi connectivity index (χ4n) is 8.28. The van der Waals surface area contributed by atoms with E-state index in [9.17, 15) is 14.7 Å². The second-order valence-electron chi connectivity index (χ2n) is 13.3. The molecular weight excluding hydrogens is 612 g/mol. The van der Waals surface area contributed by atoms with Crippen LogP contribution >= 0.6 is 0 Å². The zero-order chi connectivity index (χ0) is 33.5. The maximum absolute atomic E-state index is 15.0. The van der Waals surface area contributed by atoms with Gasteiger partial charge in [0.25, 0.3) is 0 Å². The van der Waals surface area contributed by atoms with E-state index in [2.05, 4.69) is 4.90 Å². The van der Waals surface area contributed by atoms with E-state index in [0.717, 1.165) is 13.1 Å². The predicted octanol–water partition coefficient (Wildman–Crippen LogP) is 2.42. The van der Waals surface area contributed by atoms with Crippen LogP contribution in [0.5, 0.6) is 5.75 Å². The first-order valence-corrected chi connectivity index (χ1v) is 17.0. The summed E-state index contributed by atoms with van der Waals surface area (Å²) in [5.41, 5.74) is -1.20. The van der Waals surface area contributed by atoms with E-state index < -0.39 is 41.7 Å². The third kappa shape index (κ3) is 5.42. The second-order valence-corrected chi connectivity index (χ2v) is 13.3.